The summed E-state index contributed by atoms with van der Waals surface area (Å²) in [6.45, 7) is 52.2. The third kappa shape index (κ3) is 10.3. The minimum absolute atomic E-state index is 0.0115. The fourth-order valence-corrected chi connectivity index (χ4v) is 34.3. The van der Waals surface area contributed by atoms with Gasteiger partial charge in [-0.1, -0.05) is 180 Å². The highest BCUT2D eigenvalue weighted by Gasteiger charge is 2.74. The number of nitrogens with one attached hydrogen (secondary N) is 4. The molecule has 0 aromatic carbocycles. The van der Waals surface area contributed by atoms with E-state index >= 15 is 0 Å². The van der Waals surface area contributed by atoms with Gasteiger partial charge >= 0.3 is 5.97 Å². The Morgan fingerprint density at radius 2 is 0.752 bits per heavy atom. The topological polar surface area (TPSA) is 297 Å². The maximum atomic E-state index is 13.7. The van der Waals surface area contributed by atoms with E-state index < -0.39 is 11.4 Å². The first kappa shape index (κ1) is 79.4. The SMILES string of the molecule is CC1(C)CC[C@]2(C(=O)CC#N)CC[C@]3(C)C(=CCC4[C@@]5(C)Cc6c(N)n[nH]c6C(C)(C)C5CC[C@]43C)C2C1.CC1(C)CC[C@]2(C(=O)O)CC[C@]3(C)C(=CCC4[C@@]5(C)Cc6c(N)n[nH]c6C(C)(C)C5CC[C@]43C)C2C1.CC1(C)CC[C@]2(c3cc(N)n[nH]3)CC[C@]3(C)C(=CCC4[C@@]5(C)Cc6c(N)n[nH]c6C(C)(C)C5CC[C@]43C)C2C1. The second kappa shape index (κ2) is 24.5. The number of hydrogen-bond donors (Lipinski definition) is 9. The van der Waals surface area contributed by atoms with Crippen molar-refractivity contribution in [3.8, 4) is 6.07 Å². The van der Waals surface area contributed by atoms with Gasteiger partial charge in [0.15, 0.2) is 5.78 Å². The number of carbonyl (C=O) groups is 2. The molecule has 16 nitrogen and oxygen atoms in total. The van der Waals surface area contributed by atoms with Crippen LogP contribution in [0.3, 0.4) is 0 Å². The Morgan fingerprint density at radius 3 is 1.12 bits per heavy atom. The second-order valence-corrected chi connectivity index (χ2v) is 48.0. The van der Waals surface area contributed by atoms with Gasteiger partial charge < -0.3 is 28.0 Å². The summed E-state index contributed by atoms with van der Waals surface area (Å²) >= 11 is 0. The maximum absolute atomic E-state index is 13.7. The van der Waals surface area contributed by atoms with Crippen LogP contribution in [-0.4, -0.2) is 57.6 Å². The Morgan fingerprint density at radius 1 is 0.425 bits per heavy atom. The lowest BCUT2D eigenvalue weighted by Crippen LogP contribution is -2.64. The molecule has 4 aromatic heterocycles. The van der Waals surface area contributed by atoms with Gasteiger partial charge in [0, 0.05) is 72.6 Å². The molecule has 0 aliphatic heterocycles. The first-order chi connectivity index (χ1) is 52.5. The number of carbonyl (C=O) groups excluding carboxylic acids is 1. The number of nitrogens with two attached hydrogens (primary N) is 4. The number of rotatable bonds is 4. The summed E-state index contributed by atoms with van der Waals surface area (Å²) in [7, 11) is 0. The second-order valence-electron chi connectivity index (χ2n) is 48.0. The standard InChI is InChI=1S/C33H50N6.C33H48N4O.C31H47N3O2/c1-28(2)12-14-33(24-16-25(34)37-36-24)15-13-31(6)20(21(33)18-28)8-9-23-30(5)17-19-26(38-39-27(19)35)29(3,4)22(30)10-11-32(23,31)7;1-28(2)13-15-33(25(38)11-17-34)16-14-31(6)21(22(33)19-28)8-9-24-30(5)18-20-26(36-37-27(20)35)29(3,4)23(30)10-12-32(24,31)7;1-26(2)12-14-31(25(35)36)15-13-29(6)19(20(31)17-26)8-9-22-28(5)16-18-23(33-34-24(18)32)27(3,4)21(28)10-11-30(22,29)7/h8,16,21-23H,9-15,17-18H2,1-7H3,(H3,34,36,37)(H3,35,38,39);8,22-24H,9-16,18-19H2,1-7H3,(H3,35,36,37);8,20-22H,9-17H2,1-7H3,(H,35,36)(H3,32,33,34)/t21?,22?,23?,30-,31+,32+,33-;22?,23?,24?,30-,31+,32+,33-;20?,21?,22?,28-,29+,30+,31-/m000/s1. The number of ketones is 1. The van der Waals surface area contributed by atoms with Crippen LogP contribution < -0.4 is 22.9 Å². The van der Waals surface area contributed by atoms with Crippen LogP contribution >= 0.6 is 0 Å². The van der Waals surface area contributed by atoms with E-state index in [0.29, 0.717) is 70.1 Å². The number of aromatic nitrogens is 8. The number of nitriles is 1. The van der Waals surface area contributed by atoms with Crippen molar-refractivity contribution in [3.63, 3.8) is 0 Å². The number of H-pyrrole nitrogens is 4. The van der Waals surface area contributed by atoms with E-state index in [9.17, 15) is 20.0 Å². The average molecular weight is 1540 g/mol. The molecular formula is C97H145N13O3. The normalized spacial score (nSPS) is 44.7. The number of carboxylic acids is 1. The van der Waals surface area contributed by atoms with Crippen LogP contribution in [0.15, 0.2) is 41.0 Å². The monoisotopic (exact) mass is 1540 g/mol. The highest BCUT2D eigenvalue weighted by atomic mass is 16.4. The van der Waals surface area contributed by atoms with Gasteiger partial charge in [0.05, 0.1) is 17.9 Å². The highest BCUT2D eigenvalue weighted by Crippen LogP contribution is 2.80. The van der Waals surface area contributed by atoms with Gasteiger partial charge in [0.2, 0.25) is 0 Å². The van der Waals surface area contributed by atoms with Gasteiger partial charge in [0.25, 0.3) is 0 Å². The zero-order chi connectivity index (χ0) is 81.4. The molecule has 0 radical (unpaired) electrons. The fourth-order valence-electron chi connectivity index (χ4n) is 34.3. The molecule has 15 aliphatic carbocycles. The minimum Gasteiger partial charge on any atom is -0.481 e. The van der Waals surface area contributed by atoms with Crippen molar-refractivity contribution >= 4 is 35.0 Å². The van der Waals surface area contributed by atoms with Gasteiger partial charge in [-0.2, -0.15) is 25.7 Å². The lowest BCUT2D eigenvalue weighted by atomic mass is 9.33. The molecule has 0 bridgehead atoms. The van der Waals surface area contributed by atoms with E-state index in [0.717, 1.165) is 96.3 Å². The van der Waals surface area contributed by atoms with Crippen molar-refractivity contribution in [2.45, 2.75) is 347 Å². The Kier molecular flexibility index (Phi) is 17.2. The van der Waals surface area contributed by atoms with Gasteiger partial charge in [-0.05, 0) is 292 Å². The van der Waals surface area contributed by atoms with Gasteiger partial charge in [0.1, 0.15) is 23.3 Å². The summed E-state index contributed by atoms with van der Waals surface area (Å²) in [5, 5.41) is 51.3. The van der Waals surface area contributed by atoms with Crippen LogP contribution in [0.25, 0.3) is 0 Å². The van der Waals surface area contributed by atoms with Crippen molar-refractivity contribution in [2.75, 3.05) is 22.9 Å². The van der Waals surface area contributed by atoms with E-state index in [1.54, 1.807) is 11.1 Å². The van der Waals surface area contributed by atoms with E-state index in [1.807, 2.05) is 0 Å². The zero-order valence-electron chi connectivity index (χ0n) is 73.6. The number of anilines is 4. The van der Waals surface area contributed by atoms with E-state index in [4.69, 9.17) is 22.9 Å². The molecule has 9 fully saturated rings. The third-order valence-electron chi connectivity index (χ3n) is 41.0. The van der Waals surface area contributed by atoms with Crippen molar-refractivity contribution in [1.82, 2.24) is 40.8 Å². The molecule has 21 atom stereocenters. The van der Waals surface area contributed by atoms with Gasteiger partial charge in [-0.15, -0.1) is 0 Å². The number of nitrogen functional groups attached to an aromatic ring is 4. The molecule has 616 valence electrons. The van der Waals surface area contributed by atoms with Crippen LogP contribution in [0.5, 0.6) is 0 Å². The molecule has 13 N–H and O–H groups in total. The van der Waals surface area contributed by atoms with Crippen LogP contribution in [0, 0.1) is 140 Å². The van der Waals surface area contributed by atoms with Crippen molar-refractivity contribution in [3.05, 3.63) is 80.5 Å². The summed E-state index contributed by atoms with van der Waals surface area (Å²) in [5.41, 5.74) is 40.7. The first-order valence-corrected chi connectivity index (χ1v) is 45.0. The van der Waals surface area contributed by atoms with Crippen molar-refractivity contribution in [1.29, 1.82) is 5.26 Å². The Balaban J connectivity index is 0.000000123. The summed E-state index contributed by atoms with van der Waals surface area (Å²) in [4.78, 5) is 26.5. The lowest BCUT2D eigenvalue weighted by Gasteiger charge is -2.71. The Hall–Kier alpha value is -6.11. The van der Waals surface area contributed by atoms with Crippen LogP contribution in [0.2, 0.25) is 0 Å². The number of carboxylic acid groups (broad SMARTS) is 1. The van der Waals surface area contributed by atoms with Gasteiger partial charge in [-0.3, -0.25) is 30.0 Å². The number of nitrogens with zero attached hydrogens (tertiary/aromatic N) is 5. The average Bonchev–Trinajstić information content (AvgIpc) is 1.40. The molecule has 9 saturated carbocycles. The Bertz CT molecular complexity index is 4710. The van der Waals surface area contributed by atoms with Crippen LogP contribution in [0.4, 0.5) is 23.3 Å². The number of hydrogen-bond acceptors (Lipinski definition) is 11. The van der Waals surface area contributed by atoms with E-state index in [-0.39, 0.29) is 111 Å². The summed E-state index contributed by atoms with van der Waals surface area (Å²) < 4.78 is 0. The predicted octanol–water partition coefficient (Wildman–Crippen LogP) is 21.2. The number of fused-ring (bicyclic) bond motifs is 24. The molecule has 19 rings (SSSR count). The largest absolute Gasteiger partial charge is 0.481 e. The molecule has 0 spiro atoms. The molecule has 16 heteroatoms. The molecule has 9 unspecified atom stereocenters. The zero-order valence-corrected chi connectivity index (χ0v) is 73.6. The maximum Gasteiger partial charge on any atom is 0.310 e. The number of aliphatic carboxylic acids is 1. The molecule has 4 aromatic rings. The molecule has 15 aliphatic rings. The quantitative estimate of drug-likeness (QED) is 0.0862. The minimum atomic E-state index is -0.571. The van der Waals surface area contributed by atoms with Crippen molar-refractivity contribution in [2.24, 2.45) is 129 Å². The van der Waals surface area contributed by atoms with Gasteiger partial charge in [-0.25, -0.2) is 0 Å². The number of allylic oxidation sites excluding steroid dienone is 6. The van der Waals surface area contributed by atoms with E-state index in [2.05, 4.69) is 217 Å². The third-order valence-corrected chi connectivity index (χ3v) is 41.0. The smallest absolute Gasteiger partial charge is 0.310 e. The molecule has 4 heterocycles. The first-order valence-electron chi connectivity index (χ1n) is 45.0. The molecule has 0 amide bonds. The summed E-state index contributed by atoms with van der Waals surface area (Å²) in [6, 6.07) is 4.36. The Labute approximate surface area is 677 Å². The van der Waals surface area contributed by atoms with Crippen LogP contribution in [0.1, 0.15) is 345 Å². The summed E-state index contributed by atoms with van der Waals surface area (Å²) in [5.74, 6) is 6.86. The lowest BCUT2D eigenvalue weighted by molar-refractivity contribution is -0.177. The highest BCUT2D eigenvalue weighted by molar-refractivity contribution is 5.88. The summed E-state index contributed by atoms with van der Waals surface area (Å²) in [6.07, 6.45) is 37.7. The fraction of sp³-hybridized carbons (Fsp3) is 0.784. The van der Waals surface area contributed by atoms with E-state index in [1.165, 1.54) is 122 Å². The predicted molar refractivity (Wildman–Crippen MR) is 452 cm³/mol. The number of aromatic amines is 4. The van der Waals surface area contributed by atoms with Crippen molar-refractivity contribution < 1.29 is 14.7 Å². The molecule has 0 saturated heterocycles. The molecule has 113 heavy (non-hydrogen) atoms. The molecular weight excluding hydrogens is 1400 g/mol. The number of Topliss-reactive ketones (excluding diaryl/α,β-unsaturated/α-hetero) is 1. The van der Waals surface area contributed by atoms with Crippen LogP contribution in [-0.2, 0) is 50.5 Å².